The lowest BCUT2D eigenvalue weighted by atomic mass is 10.1. The number of methoxy groups -OCH3 is 2. The molecule has 6 heteroatoms. The molecule has 3 rings (SSSR count). The van der Waals surface area contributed by atoms with Crippen LogP contribution in [-0.2, 0) is 13.0 Å². The van der Waals surface area contributed by atoms with Gasteiger partial charge in [-0.1, -0.05) is 6.07 Å². The number of fused-ring (bicyclic) bond motifs is 1. The number of rotatable bonds is 5. The first kappa shape index (κ1) is 16.4. The van der Waals surface area contributed by atoms with Gasteiger partial charge in [-0.3, -0.25) is 4.79 Å². The maximum atomic E-state index is 12.5. The van der Waals surface area contributed by atoms with Crippen molar-refractivity contribution in [3.63, 3.8) is 0 Å². The smallest absolute Gasteiger partial charge is 0.271 e. The number of carbonyl (C=O) groups excluding carboxylic acids is 1. The molecule has 0 radical (unpaired) electrons. The van der Waals surface area contributed by atoms with Gasteiger partial charge in [0.05, 0.1) is 20.3 Å². The molecule has 0 fully saturated rings. The van der Waals surface area contributed by atoms with E-state index in [1.54, 1.807) is 14.2 Å². The summed E-state index contributed by atoms with van der Waals surface area (Å²) < 4.78 is 12.6. The van der Waals surface area contributed by atoms with Crippen LogP contribution in [-0.4, -0.2) is 29.7 Å². The Morgan fingerprint density at radius 2 is 2.04 bits per heavy atom. The quantitative estimate of drug-likeness (QED) is 0.916. The van der Waals surface area contributed by atoms with Gasteiger partial charge in [-0.05, 0) is 37.5 Å². The molecule has 6 nitrogen and oxygen atoms in total. The second-order valence-electron chi connectivity index (χ2n) is 6.00. The van der Waals surface area contributed by atoms with E-state index in [1.807, 2.05) is 31.3 Å². The van der Waals surface area contributed by atoms with Gasteiger partial charge in [-0.25, -0.2) is 4.98 Å². The number of nitrogens with one attached hydrogen (secondary N) is 1. The van der Waals surface area contributed by atoms with Gasteiger partial charge in [0, 0.05) is 19.2 Å². The van der Waals surface area contributed by atoms with Gasteiger partial charge < -0.3 is 19.4 Å². The van der Waals surface area contributed by atoms with E-state index in [0.29, 0.717) is 17.2 Å². The predicted octanol–water partition coefficient (Wildman–Crippen LogP) is 2.73. The summed E-state index contributed by atoms with van der Waals surface area (Å²) in [6.07, 6.45) is 5.08. The molecule has 0 saturated carbocycles. The highest BCUT2D eigenvalue weighted by molar-refractivity contribution is 5.92. The zero-order valence-electron chi connectivity index (χ0n) is 14.3. The summed E-state index contributed by atoms with van der Waals surface area (Å²) in [6, 6.07) is 5.48. The molecule has 24 heavy (non-hydrogen) atoms. The molecule has 1 aliphatic heterocycles. The van der Waals surface area contributed by atoms with Crippen LogP contribution >= 0.6 is 0 Å². The summed E-state index contributed by atoms with van der Waals surface area (Å²) >= 11 is 0. The van der Waals surface area contributed by atoms with E-state index in [-0.39, 0.29) is 11.9 Å². The third kappa shape index (κ3) is 3.22. The van der Waals surface area contributed by atoms with E-state index >= 15 is 0 Å². The molecule has 0 spiro atoms. The fourth-order valence-electron chi connectivity index (χ4n) is 3.00. The van der Waals surface area contributed by atoms with Crippen molar-refractivity contribution in [3.8, 4) is 11.5 Å². The summed E-state index contributed by atoms with van der Waals surface area (Å²) in [7, 11) is 3.20. The van der Waals surface area contributed by atoms with Gasteiger partial charge in [0.15, 0.2) is 11.5 Å². The molecule has 2 heterocycles. The molecule has 1 atom stereocenters. The zero-order chi connectivity index (χ0) is 17.1. The summed E-state index contributed by atoms with van der Waals surface area (Å²) in [4.78, 5) is 16.9. The summed E-state index contributed by atoms with van der Waals surface area (Å²) in [5.74, 6) is 2.17. The number of aryl methyl sites for hydroxylation is 2. The van der Waals surface area contributed by atoms with Gasteiger partial charge in [0.1, 0.15) is 11.5 Å². The molecular weight excluding hydrogens is 306 g/mol. The Bertz CT molecular complexity index is 716. The number of benzene rings is 1. The minimum absolute atomic E-state index is 0.154. The van der Waals surface area contributed by atoms with Gasteiger partial charge in [0.25, 0.3) is 5.91 Å². The highest BCUT2D eigenvalue weighted by Gasteiger charge is 2.19. The topological polar surface area (TPSA) is 65.4 Å². The lowest BCUT2D eigenvalue weighted by Crippen LogP contribution is -2.27. The monoisotopic (exact) mass is 329 g/mol. The lowest BCUT2D eigenvalue weighted by Gasteiger charge is -2.16. The lowest BCUT2D eigenvalue weighted by molar-refractivity contribution is 0.0935. The summed E-state index contributed by atoms with van der Waals surface area (Å²) in [6.45, 7) is 2.88. The van der Waals surface area contributed by atoms with Gasteiger partial charge in [0.2, 0.25) is 0 Å². The van der Waals surface area contributed by atoms with Crippen molar-refractivity contribution in [2.75, 3.05) is 14.2 Å². The highest BCUT2D eigenvalue weighted by atomic mass is 16.5. The molecule has 0 aliphatic carbocycles. The van der Waals surface area contributed by atoms with E-state index in [4.69, 9.17) is 9.47 Å². The second kappa shape index (κ2) is 6.95. The molecule has 0 bridgehead atoms. The van der Waals surface area contributed by atoms with Crippen molar-refractivity contribution in [1.29, 1.82) is 0 Å². The van der Waals surface area contributed by atoms with Crippen molar-refractivity contribution >= 4 is 5.91 Å². The van der Waals surface area contributed by atoms with E-state index in [9.17, 15) is 4.79 Å². The van der Waals surface area contributed by atoms with Gasteiger partial charge in [-0.15, -0.1) is 0 Å². The SMILES string of the molecule is COc1ccc(C(C)NC(=O)c2cn3c(n2)CCCC3)cc1OC. The van der Waals surface area contributed by atoms with Crippen LogP contribution in [0.2, 0.25) is 0 Å². The first-order valence-electron chi connectivity index (χ1n) is 8.21. The van der Waals surface area contributed by atoms with E-state index in [1.165, 1.54) is 0 Å². The Hall–Kier alpha value is -2.50. The Morgan fingerprint density at radius 3 is 2.75 bits per heavy atom. The summed E-state index contributed by atoms with van der Waals surface area (Å²) in [5, 5.41) is 3.00. The molecule has 1 N–H and O–H groups in total. The van der Waals surface area contributed by atoms with Gasteiger partial charge >= 0.3 is 0 Å². The van der Waals surface area contributed by atoms with Crippen LogP contribution in [0.1, 0.15) is 47.7 Å². The average molecular weight is 329 g/mol. The average Bonchev–Trinajstić information content (AvgIpc) is 3.05. The number of amides is 1. The summed E-state index contributed by atoms with van der Waals surface area (Å²) in [5.41, 5.74) is 1.43. The zero-order valence-corrected chi connectivity index (χ0v) is 14.3. The third-order valence-corrected chi connectivity index (χ3v) is 4.40. The van der Waals surface area contributed by atoms with Crippen molar-refractivity contribution in [1.82, 2.24) is 14.9 Å². The Balaban J connectivity index is 1.73. The number of carbonyl (C=O) groups is 1. The van der Waals surface area contributed by atoms with Crippen LogP contribution in [0.15, 0.2) is 24.4 Å². The van der Waals surface area contributed by atoms with Crippen LogP contribution in [0, 0.1) is 0 Å². The van der Waals surface area contributed by atoms with Crippen LogP contribution in [0.25, 0.3) is 0 Å². The maximum absolute atomic E-state index is 12.5. The van der Waals surface area contributed by atoms with Crippen LogP contribution in [0.4, 0.5) is 0 Å². The van der Waals surface area contributed by atoms with Crippen LogP contribution < -0.4 is 14.8 Å². The minimum atomic E-state index is -0.156. The molecule has 1 aliphatic rings. The van der Waals surface area contributed by atoms with Crippen molar-refractivity contribution in [2.24, 2.45) is 0 Å². The van der Waals surface area contributed by atoms with Crippen molar-refractivity contribution in [2.45, 2.75) is 38.8 Å². The highest BCUT2D eigenvalue weighted by Crippen LogP contribution is 2.30. The number of hydrogen-bond donors (Lipinski definition) is 1. The second-order valence-corrected chi connectivity index (χ2v) is 6.00. The predicted molar refractivity (Wildman–Crippen MR) is 90.6 cm³/mol. The Labute approximate surface area is 141 Å². The van der Waals surface area contributed by atoms with Crippen molar-refractivity contribution < 1.29 is 14.3 Å². The van der Waals surface area contributed by atoms with E-state index in [0.717, 1.165) is 37.2 Å². The number of ether oxygens (including phenoxy) is 2. The van der Waals surface area contributed by atoms with Crippen molar-refractivity contribution in [3.05, 3.63) is 41.5 Å². The molecule has 0 saturated heterocycles. The molecule has 1 aromatic heterocycles. The largest absolute Gasteiger partial charge is 0.493 e. The molecule has 2 aromatic rings. The fraction of sp³-hybridized carbons (Fsp3) is 0.444. The Morgan fingerprint density at radius 1 is 1.25 bits per heavy atom. The van der Waals surface area contributed by atoms with Crippen LogP contribution in [0.5, 0.6) is 11.5 Å². The minimum Gasteiger partial charge on any atom is -0.493 e. The van der Waals surface area contributed by atoms with Crippen LogP contribution in [0.3, 0.4) is 0 Å². The number of nitrogens with zero attached hydrogens (tertiary/aromatic N) is 2. The molecule has 1 aromatic carbocycles. The molecule has 1 amide bonds. The third-order valence-electron chi connectivity index (χ3n) is 4.40. The van der Waals surface area contributed by atoms with E-state index < -0.39 is 0 Å². The molecular formula is C18H23N3O3. The molecule has 1 unspecified atom stereocenters. The first-order chi connectivity index (χ1) is 11.6. The van der Waals surface area contributed by atoms with E-state index in [2.05, 4.69) is 14.9 Å². The fourth-order valence-corrected chi connectivity index (χ4v) is 3.00. The number of aromatic nitrogens is 2. The number of hydrogen-bond acceptors (Lipinski definition) is 4. The first-order valence-corrected chi connectivity index (χ1v) is 8.21. The number of imidazole rings is 1. The standard InChI is InChI=1S/C18H23N3O3/c1-12(13-7-8-15(23-2)16(10-13)24-3)19-18(22)14-11-21-9-5-4-6-17(21)20-14/h7-8,10-12H,4-6,9H2,1-3H3,(H,19,22). The molecule has 128 valence electrons. The maximum Gasteiger partial charge on any atom is 0.271 e. The Kier molecular flexibility index (Phi) is 4.74. The van der Waals surface area contributed by atoms with Gasteiger partial charge in [-0.2, -0.15) is 0 Å². The normalized spacial score (nSPS) is 14.6.